The smallest absolute Gasteiger partial charge is 0.225 e. The highest BCUT2D eigenvalue weighted by molar-refractivity contribution is 7.10. The third-order valence-electron chi connectivity index (χ3n) is 4.45. The molecule has 2 aromatic heterocycles. The summed E-state index contributed by atoms with van der Waals surface area (Å²) in [5, 5.41) is 4.97. The quantitative estimate of drug-likeness (QED) is 0.936. The van der Waals surface area contributed by atoms with Crippen LogP contribution in [0.1, 0.15) is 35.1 Å². The van der Waals surface area contributed by atoms with E-state index in [2.05, 4.69) is 5.32 Å². The van der Waals surface area contributed by atoms with Crippen LogP contribution >= 0.6 is 11.3 Å². The molecule has 1 aliphatic heterocycles. The minimum atomic E-state index is -0.219. The Labute approximate surface area is 139 Å². The van der Waals surface area contributed by atoms with Crippen LogP contribution in [0.4, 0.5) is 0 Å². The van der Waals surface area contributed by atoms with Crippen LogP contribution in [0, 0.1) is 12.8 Å². The Morgan fingerprint density at radius 3 is 2.96 bits per heavy atom. The molecule has 1 aliphatic rings. The minimum absolute atomic E-state index is 0.0108. The summed E-state index contributed by atoms with van der Waals surface area (Å²) in [7, 11) is 1.78. The van der Waals surface area contributed by atoms with Crippen molar-refractivity contribution in [2.75, 3.05) is 7.05 Å². The highest BCUT2D eigenvalue weighted by Crippen LogP contribution is 2.37. The standard InChI is InChI=1S/C17H20N2O3S/c1-11-12(7-8-22-11)10-18-17(21)13-5-6-15(20)19(2)16(13)14-4-3-9-23-14/h3-4,7-9,13,16H,5-6,10H2,1-2H3,(H,18,21). The fourth-order valence-corrected chi connectivity index (χ4v) is 4.00. The molecule has 2 aromatic rings. The number of carbonyl (C=O) groups is 2. The van der Waals surface area contributed by atoms with Gasteiger partial charge in [0.25, 0.3) is 0 Å². The van der Waals surface area contributed by atoms with Crippen molar-refractivity contribution in [1.82, 2.24) is 10.2 Å². The average molecular weight is 332 g/mol. The van der Waals surface area contributed by atoms with Gasteiger partial charge >= 0.3 is 0 Å². The van der Waals surface area contributed by atoms with Gasteiger partial charge in [0.05, 0.1) is 18.2 Å². The molecule has 2 amide bonds. The van der Waals surface area contributed by atoms with Gasteiger partial charge in [0.1, 0.15) is 5.76 Å². The van der Waals surface area contributed by atoms with Crippen LogP contribution in [0.25, 0.3) is 0 Å². The second kappa shape index (κ2) is 6.58. The number of nitrogens with one attached hydrogen (secondary N) is 1. The van der Waals surface area contributed by atoms with Gasteiger partial charge in [-0.25, -0.2) is 0 Å². The summed E-state index contributed by atoms with van der Waals surface area (Å²) in [6, 6.07) is 5.63. The molecule has 1 saturated heterocycles. The molecule has 6 heteroatoms. The summed E-state index contributed by atoms with van der Waals surface area (Å²) < 4.78 is 5.25. The van der Waals surface area contributed by atoms with Crippen LogP contribution in [0.3, 0.4) is 0 Å². The van der Waals surface area contributed by atoms with Gasteiger partial charge in [-0.2, -0.15) is 0 Å². The molecule has 23 heavy (non-hydrogen) atoms. The van der Waals surface area contributed by atoms with Gasteiger partial charge in [-0.1, -0.05) is 6.07 Å². The minimum Gasteiger partial charge on any atom is -0.469 e. The molecule has 3 rings (SSSR count). The van der Waals surface area contributed by atoms with E-state index in [9.17, 15) is 9.59 Å². The van der Waals surface area contributed by atoms with E-state index >= 15 is 0 Å². The van der Waals surface area contributed by atoms with Gasteiger partial charge in [-0.3, -0.25) is 9.59 Å². The summed E-state index contributed by atoms with van der Waals surface area (Å²) in [5.41, 5.74) is 0.978. The molecular weight excluding hydrogens is 312 g/mol. The Bertz CT molecular complexity index is 693. The van der Waals surface area contributed by atoms with Crippen molar-refractivity contribution in [3.8, 4) is 0 Å². The molecular formula is C17H20N2O3S. The molecule has 0 aromatic carbocycles. The number of hydrogen-bond acceptors (Lipinski definition) is 4. The monoisotopic (exact) mass is 332 g/mol. The lowest BCUT2D eigenvalue weighted by molar-refractivity contribution is -0.141. The van der Waals surface area contributed by atoms with E-state index < -0.39 is 0 Å². The summed E-state index contributed by atoms with van der Waals surface area (Å²) in [5.74, 6) is 0.682. The number of piperidine rings is 1. The number of hydrogen-bond donors (Lipinski definition) is 1. The lowest BCUT2D eigenvalue weighted by atomic mass is 9.87. The predicted molar refractivity (Wildman–Crippen MR) is 87.8 cm³/mol. The van der Waals surface area contributed by atoms with E-state index in [0.29, 0.717) is 19.4 Å². The highest BCUT2D eigenvalue weighted by Gasteiger charge is 2.39. The van der Waals surface area contributed by atoms with Crippen molar-refractivity contribution in [1.29, 1.82) is 0 Å². The number of furan rings is 1. The van der Waals surface area contributed by atoms with Gasteiger partial charge in [0.2, 0.25) is 11.8 Å². The van der Waals surface area contributed by atoms with E-state index in [-0.39, 0.29) is 23.8 Å². The maximum atomic E-state index is 12.7. The first-order valence-corrected chi connectivity index (χ1v) is 8.55. The van der Waals surface area contributed by atoms with E-state index in [4.69, 9.17) is 4.42 Å². The summed E-state index contributed by atoms with van der Waals surface area (Å²) in [6.45, 7) is 2.33. The number of amides is 2. The zero-order chi connectivity index (χ0) is 16.4. The summed E-state index contributed by atoms with van der Waals surface area (Å²) in [6.07, 6.45) is 2.63. The van der Waals surface area contributed by atoms with Gasteiger partial charge in [-0.15, -0.1) is 11.3 Å². The zero-order valence-electron chi connectivity index (χ0n) is 13.2. The third-order valence-corrected chi connectivity index (χ3v) is 5.39. The first-order valence-electron chi connectivity index (χ1n) is 7.67. The Kier molecular flexibility index (Phi) is 4.52. The van der Waals surface area contributed by atoms with Crippen molar-refractivity contribution >= 4 is 23.2 Å². The fourth-order valence-electron chi connectivity index (χ4n) is 3.07. The summed E-state index contributed by atoms with van der Waals surface area (Å²) in [4.78, 5) is 27.5. The Morgan fingerprint density at radius 2 is 2.30 bits per heavy atom. The molecule has 0 spiro atoms. The van der Waals surface area contributed by atoms with Crippen molar-refractivity contribution < 1.29 is 14.0 Å². The maximum absolute atomic E-state index is 12.7. The average Bonchev–Trinajstić information content (AvgIpc) is 3.19. The topological polar surface area (TPSA) is 62.6 Å². The van der Waals surface area contributed by atoms with Crippen LogP contribution in [0.15, 0.2) is 34.3 Å². The lowest BCUT2D eigenvalue weighted by Gasteiger charge is -2.37. The Balaban J connectivity index is 1.74. The third kappa shape index (κ3) is 3.17. The Morgan fingerprint density at radius 1 is 1.48 bits per heavy atom. The van der Waals surface area contributed by atoms with Crippen LogP contribution < -0.4 is 5.32 Å². The van der Waals surface area contributed by atoms with Crippen molar-refractivity contribution in [3.63, 3.8) is 0 Å². The molecule has 2 unspecified atom stereocenters. The van der Waals surface area contributed by atoms with Crippen LogP contribution in [-0.2, 0) is 16.1 Å². The molecule has 1 fully saturated rings. The maximum Gasteiger partial charge on any atom is 0.225 e. The second-order valence-corrected chi connectivity index (χ2v) is 6.81. The first-order chi connectivity index (χ1) is 11.1. The molecule has 1 N–H and O–H groups in total. The number of nitrogens with zero attached hydrogens (tertiary/aromatic N) is 1. The molecule has 0 bridgehead atoms. The van der Waals surface area contributed by atoms with Gasteiger partial charge in [0, 0.05) is 30.5 Å². The van der Waals surface area contributed by atoms with Crippen molar-refractivity contribution in [2.24, 2.45) is 5.92 Å². The van der Waals surface area contributed by atoms with Crippen molar-refractivity contribution in [3.05, 3.63) is 46.0 Å². The van der Waals surface area contributed by atoms with E-state index in [0.717, 1.165) is 16.2 Å². The number of likely N-dealkylation sites (tertiary alicyclic amines) is 1. The van der Waals surface area contributed by atoms with Crippen LogP contribution in [0.2, 0.25) is 0 Å². The number of rotatable bonds is 4. The Hall–Kier alpha value is -2.08. The zero-order valence-corrected chi connectivity index (χ0v) is 14.1. The molecule has 5 nitrogen and oxygen atoms in total. The van der Waals surface area contributed by atoms with E-state index in [1.165, 1.54) is 0 Å². The molecule has 122 valence electrons. The largest absolute Gasteiger partial charge is 0.469 e. The normalized spacial score (nSPS) is 21.5. The number of aryl methyl sites for hydroxylation is 1. The van der Waals surface area contributed by atoms with E-state index in [1.807, 2.05) is 30.5 Å². The highest BCUT2D eigenvalue weighted by atomic mass is 32.1. The fraction of sp³-hybridized carbons (Fsp3) is 0.412. The lowest BCUT2D eigenvalue weighted by Crippen LogP contribution is -2.45. The van der Waals surface area contributed by atoms with Gasteiger partial charge in [-0.05, 0) is 30.9 Å². The molecule has 0 saturated carbocycles. The SMILES string of the molecule is Cc1occc1CNC(=O)C1CCC(=O)N(C)C1c1cccs1. The van der Waals surface area contributed by atoms with Crippen LogP contribution in [-0.4, -0.2) is 23.8 Å². The van der Waals surface area contributed by atoms with E-state index in [1.54, 1.807) is 29.5 Å². The second-order valence-electron chi connectivity index (χ2n) is 5.83. The van der Waals surface area contributed by atoms with Crippen LogP contribution in [0.5, 0.6) is 0 Å². The first kappa shape index (κ1) is 15.8. The number of carbonyl (C=O) groups excluding carboxylic acids is 2. The molecule has 0 aliphatic carbocycles. The molecule has 0 radical (unpaired) electrons. The summed E-state index contributed by atoms with van der Waals surface area (Å²) >= 11 is 1.59. The van der Waals surface area contributed by atoms with Gasteiger partial charge in [0.15, 0.2) is 0 Å². The van der Waals surface area contributed by atoms with Crippen molar-refractivity contribution in [2.45, 2.75) is 32.4 Å². The molecule has 2 atom stereocenters. The number of thiophene rings is 1. The van der Waals surface area contributed by atoms with Gasteiger partial charge < -0.3 is 14.6 Å². The predicted octanol–water partition coefficient (Wildman–Crippen LogP) is 2.88. The molecule has 3 heterocycles.